The highest BCUT2D eigenvalue weighted by molar-refractivity contribution is 7.99. The van der Waals surface area contributed by atoms with Crippen LogP contribution in [0.1, 0.15) is 4.88 Å². The summed E-state index contributed by atoms with van der Waals surface area (Å²) in [6.07, 6.45) is 1.61. The highest BCUT2D eigenvalue weighted by Crippen LogP contribution is 2.27. The van der Waals surface area contributed by atoms with Crippen molar-refractivity contribution in [1.82, 2.24) is 14.9 Å². The molecule has 4 nitrogen and oxygen atoms in total. The molecule has 0 aliphatic carbocycles. The Balaban J connectivity index is 2.03. The zero-order chi connectivity index (χ0) is 10.3. The van der Waals surface area contributed by atoms with Gasteiger partial charge in [0.2, 0.25) is 5.16 Å². The summed E-state index contributed by atoms with van der Waals surface area (Å²) in [6, 6.07) is 3.87. The van der Waals surface area contributed by atoms with Gasteiger partial charge in [-0.15, -0.1) is 21.5 Å². The molecule has 1 aliphatic heterocycles. The van der Waals surface area contributed by atoms with Crippen LogP contribution in [-0.4, -0.2) is 26.3 Å². The van der Waals surface area contributed by atoms with Crippen molar-refractivity contribution in [3.05, 3.63) is 27.7 Å². The number of thiophene rings is 1. The Morgan fingerprint density at radius 1 is 1.40 bits per heavy atom. The Morgan fingerprint density at radius 3 is 3.13 bits per heavy atom. The fourth-order valence-corrected chi connectivity index (χ4v) is 3.19. The second kappa shape index (κ2) is 3.62. The molecule has 0 saturated heterocycles. The van der Waals surface area contributed by atoms with E-state index in [1.54, 1.807) is 22.8 Å². The molecule has 7 heteroatoms. The van der Waals surface area contributed by atoms with Crippen molar-refractivity contribution in [2.75, 3.05) is 5.75 Å². The molecule has 0 bridgehead atoms. The maximum atomic E-state index is 5.88. The minimum absolute atomic E-state index is 0.784. The lowest BCUT2D eigenvalue weighted by molar-refractivity contribution is 0.757. The van der Waals surface area contributed by atoms with E-state index in [4.69, 9.17) is 11.6 Å². The van der Waals surface area contributed by atoms with Gasteiger partial charge in [0.1, 0.15) is 6.33 Å². The van der Waals surface area contributed by atoms with Crippen LogP contribution >= 0.6 is 34.7 Å². The molecule has 0 amide bonds. The predicted octanol–water partition coefficient (Wildman–Crippen LogP) is 2.35. The Morgan fingerprint density at radius 2 is 2.33 bits per heavy atom. The van der Waals surface area contributed by atoms with Crippen LogP contribution in [0.25, 0.3) is 0 Å². The molecule has 76 valence electrons. The minimum Gasteiger partial charge on any atom is -0.194 e. The number of rotatable bonds is 1. The molecule has 0 unspecified atom stereocenters. The monoisotopic (exact) mass is 256 g/mol. The van der Waals surface area contributed by atoms with Gasteiger partial charge >= 0.3 is 0 Å². The average molecular weight is 257 g/mol. The van der Waals surface area contributed by atoms with Crippen molar-refractivity contribution < 1.29 is 0 Å². The average Bonchev–Trinajstić information content (AvgIpc) is 2.84. The van der Waals surface area contributed by atoms with Crippen LogP contribution in [0.2, 0.25) is 4.34 Å². The summed E-state index contributed by atoms with van der Waals surface area (Å²) in [7, 11) is 0. The van der Waals surface area contributed by atoms with Gasteiger partial charge in [-0.2, -0.15) is 9.78 Å². The molecular weight excluding hydrogens is 252 g/mol. The highest BCUT2D eigenvalue weighted by Gasteiger charge is 2.16. The van der Waals surface area contributed by atoms with Crippen molar-refractivity contribution in [1.29, 1.82) is 0 Å². The third-order valence-electron chi connectivity index (χ3n) is 1.92. The Bertz CT molecular complexity index is 530. The number of hydrogen-bond acceptors (Lipinski definition) is 5. The standard InChI is InChI=1S/C8H5ClN4S2/c9-7-2-1-6(15-7)5-3-14-8-11-10-4-13(8)12-5/h1-2,4H,3H2. The van der Waals surface area contributed by atoms with E-state index in [1.807, 2.05) is 12.1 Å². The lowest BCUT2D eigenvalue weighted by Crippen LogP contribution is -2.11. The Labute approximate surface area is 99.0 Å². The topological polar surface area (TPSA) is 43.1 Å². The van der Waals surface area contributed by atoms with Gasteiger partial charge in [0.25, 0.3) is 0 Å². The first-order valence-electron chi connectivity index (χ1n) is 4.19. The SMILES string of the molecule is Clc1ccc(C2=Nn3cnnc3SC2)s1. The van der Waals surface area contributed by atoms with Crippen molar-refractivity contribution in [3.8, 4) is 0 Å². The highest BCUT2D eigenvalue weighted by atomic mass is 35.5. The van der Waals surface area contributed by atoms with E-state index in [0.29, 0.717) is 0 Å². The van der Waals surface area contributed by atoms with Crippen LogP contribution in [0, 0.1) is 0 Å². The third kappa shape index (κ3) is 1.68. The van der Waals surface area contributed by atoms with Gasteiger partial charge in [0, 0.05) is 5.75 Å². The molecule has 2 aromatic heterocycles. The zero-order valence-electron chi connectivity index (χ0n) is 7.42. The van der Waals surface area contributed by atoms with Crippen LogP contribution in [0.15, 0.2) is 28.7 Å². The molecule has 2 aromatic rings. The first-order valence-corrected chi connectivity index (χ1v) is 6.37. The molecule has 0 spiro atoms. The molecule has 0 atom stereocenters. The van der Waals surface area contributed by atoms with Gasteiger partial charge in [-0.1, -0.05) is 23.4 Å². The maximum Gasteiger partial charge on any atom is 0.212 e. The lowest BCUT2D eigenvalue weighted by Gasteiger charge is -2.09. The molecular formula is C8H5ClN4S2. The second-order valence-electron chi connectivity index (χ2n) is 2.90. The Hall–Kier alpha value is -0.850. The fraction of sp³-hybridized carbons (Fsp3) is 0.125. The van der Waals surface area contributed by atoms with Crippen LogP contribution in [-0.2, 0) is 0 Å². The first-order chi connectivity index (χ1) is 7.33. The van der Waals surface area contributed by atoms with Gasteiger partial charge in [0.05, 0.1) is 14.9 Å². The van der Waals surface area contributed by atoms with E-state index >= 15 is 0 Å². The van der Waals surface area contributed by atoms with Crippen LogP contribution in [0.5, 0.6) is 0 Å². The van der Waals surface area contributed by atoms with E-state index in [9.17, 15) is 0 Å². The summed E-state index contributed by atoms with van der Waals surface area (Å²) in [6.45, 7) is 0. The largest absolute Gasteiger partial charge is 0.212 e. The molecule has 1 aliphatic rings. The van der Waals surface area contributed by atoms with E-state index < -0.39 is 0 Å². The minimum atomic E-state index is 0.784. The zero-order valence-corrected chi connectivity index (χ0v) is 9.81. The van der Waals surface area contributed by atoms with Gasteiger partial charge in [-0.25, -0.2) is 0 Å². The van der Waals surface area contributed by atoms with E-state index in [2.05, 4.69) is 15.3 Å². The van der Waals surface area contributed by atoms with Crippen LogP contribution < -0.4 is 0 Å². The summed E-state index contributed by atoms with van der Waals surface area (Å²) in [4.78, 5) is 1.10. The second-order valence-corrected chi connectivity index (χ2v) is 5.55. The fourth-order valence-electron chi connectivity index (χ4n) is 1.26. The van der Waals surface area contributed by atoms with E-state index in [0.717, 1.165) is 25.8 Å². The normalized spacial score (nSPS) is 14.9. The molecule has 0 aromatic carbocycles. The van der Waals surface area contributed by atoms with Gasteiger partial charge in [0.15, 0.2) is 0 Å². The van der Waals surface area contributed by atoms with Crippen molar-refractivity contribution in [3.63, 3.8) is 0 Å². The summed E-state index contributed by atoms with van der Waals surface area (Å²) < 4.78 is 2.48. The first kappa shape index (κ1) is 9.38. The van der Waals surface area contributed by atoms with Crippen molar-refractivity contribution in [2.45, 2.75) is 5.16 Å². The number of fused-ring (bicyclic) bond motifs is 1. The summed E-state index contributed by atoms with van der Waals surface area (Å²) in [5.41, 5.74) is 1.02. The number of halogens is 1. The molecule has 3 heterocycles. The molecule has 15 heavy (non-hydrogen) atoms. The van der Waals surface area contributed by atoms with Crippen molar-refractivity contribution in [2.24, 2.45) is 5.10 Å². The number of aromatic nitrogens is 3. The number of nitrogens with zero attached hydrogens (tertiary/aromatic N) is 4. The summed E-state index contributed by atoms with van der Waals surface area (Å²) >= 11 is 9.05. The van der Waals surface area contributed by atoms with Gasteiger partial charge < -0.3 is 0 Å². The number of thioether (sulfide) groups is 1. The summed E-state index contributed by atoms with van der Waals surface area (Å²) in [5.74, 6) is 0.815. The Kier molecular flexibility index (Phi) is 2.27. The van der Waals surface area contributed by atoms with Crippen molar-refractivity contribution >= 4 is 40.4 Å². The molecule has 0 fully saturated rings. The smallest absolute Gasteiger partial charge is 0.194 e. The van der Waals surface area contributed by atoms with E-state index in [1.165, 1.54) is 11.3 Å². The van der Waals surface area contributed by atoms with Crippen LogP contribution in [0.3, 0.4) is 0 Å². The molecule has 0 radical (unpaired) electrons. The molecule has 3 rings (SSSR count). The summed E-state index contributed by atoms with van der Waals surface area (Å²) in [5, 5.41) is 13.0. The van der Waals surface area contributed by atoms with E-state index in [-0.39, 0.29) is 0 Å². The van der Waals surface area contributed by atoms with Crippen LogP contribution in [0.4, 0.5) is 0 Å². The third-order valence-corrected chi connectivity index (χ3v) is 4.15. The predicted molar refractivity (Wildman–Crippen MR) is 62.0 cm³/mol. The quantitative estimate of drug-likeness (QED) is 0.787. The van der Waals surface area contributed by atoms with Gasteiger partial charge in [-0.05, 0) is 12.1 Å². The van der Waals surface area contributed by atoms with Gasteiger partial charge in [-0.3, -0.25) is 0 Å². The lowest BCUT2D eigenvalue weighted by atomic mass is 10.3. The number of hydrogen-bond donors (Lipinski definition) is 0. The maximum absolute atomic E-state index is 5.88. The molecule has 0 saturated carbocycles. The molecule has 0 N–H and O–H groups in total.